The summed E-state index contributed by atoms with van der Waals surface area (Å²) < 4.78 is 28.4. The Labute approximate surface area is 149 Å². The van der Waals surface area contributed by atoms with Crippen LogP contribution in [0.25, 0.3) is 0 Å². The van der Waals surface area contributed by atoms with Gasteiger partial charge in [-0.2, -0.15) is 8.78 Å². The monoisotopic (exact) mass is 365 g/mol. The molecule has 0 saturated heterocycles. The summed E-state index contributed by atoms with van der Waals surface area (Å²) in [5.41, 5.74) is 8.10. The molecular formula is C17H17F2N3O2S. The second-order valence-electron chi connectivity index (χ2n) is 5.25. The number of hydrogen-bond acceptors (Lipinski definition) is 3. The summed E-state index contributed by atoms with van der Waals surface area (Å²) in [6.07, 6.45) is 0. The van der Waals surface area contributed by atoms with Gasteiger partial charge in [0.2, 0.25) is 0 Å². The van der Waals surface area contributed by atoms with Crippen molar-refractivity contribution in [1.82, 2.24) is 10.9 Å². The Morgan fingerprint density at radius 2 is 1.76 bits per heavy atom. The van der Waals surface area contributed by atoms with Crippen LogP contribution in [0.15, 0.2) is 42.5 Å². The molecule has 0 bridgehead atoms. The van der Waals surface area contributed by atoms with Gasteiger partial charge in [0, 0.05) is 11.3 Å². The van der Waals surface area contributed by atoms with Crippen molar-refractivity contribution in [3.05, 3.63) is 59.2 Å². The number of carbonyl (C=O) groups excluding carboxylic acids is 1. The molecule has 2 aromatic carbocycles. The Morgan fingerprint density at radius 3 is 2.36 bits per heavy atom. The largest absolute Gasteiger partial charge is 0.435 e. The third-order valence-corrected chi connectivity index (χ3v) is 3.46. The molecule has 0 fully saturated rings. The lowest BCUT2D eigenvalue weighted by atomic mass is 10.1. The molecule has 0 saturated carbocycles. The third-order valence-electron chi connectivity index (χ3n) is 3.25. The van der Waals surface area contributed by atoms with Gasteiger partial charge in [0.05, 0.1) is 0 Å². The van der Waals surface area contributed by atoms with Crippen LogP contribution in [0.3, 0.4) is 0 Å². The number of rotatable bonds is 4. The van der Waals surface area contributed by atoms with Crippen LogP contribution in [-0.4, -0.2) is 17.6 Å². The number of nitrogens with one attached hydrogen (secondary N) is 3. The van der Waals surface area contributed by atoms with E-state index in [1.165, 1.54) is 24.3 Å². The highest BCUT2D eigenvalue weighted by molar-refractivity contribution is 7.80. The van der Waals surface area contributed by atoms with Crippen molar-refractivity contribution in [1.29, 1.82) is 0 Å². The fraction of sp³-hybridized carbons (Fsp3) is 0.176. The van der Waals surface area contributed by atoms with E-state index in [0.717, 1.165) is 11.1 Å². The first-order chi connectivity index (χ1) is 11.8. The van der Waals surface area contributed by atoms with Crippen molar-refractivity contribution in [2.24, 2.45) is 0 Å². The molecule has 0 aliphatic rings. The van der Waals surface area contributed by atoms with Crippen LogP contribution >= 0.6 is 12.2 Å². The predicted molar refractivity (Wildman–Crippen MR) is 95.8 cm³/mol. The van der Waals surface area contributed by atoms with Crippen LogP contribution in [0.5, 0.6) is 5.75 Å². The molecule has 0 atom stereocenters. The van der Waals surface area contributed by atoms with Gasteiger partial charge in [0.15, 0.2) is 5.11 Å². The lowest BCUT2D eigenvalue weighted by Gasteiger charge is -2.13. The van der Waals surface area contributed by atoms with Crippen LogP contribution in [-0.2, 0) is 0 Å². The molecule has 0 aliphatic heterocycles. The summed E-state index contributed by atoms with van der Waals surface area (Å²) in [6, 6.07) is 11.3. The molecule has 2 aromatic rings. The van der Waals surface area contributed by atoms with Crippen LogP contribution in [0.2, 0.25) is 0 Å². The van der Waals surface area contributed by atoms with Crippen LogP contribution in [0, 0.1) is 13.8 Å². The van der Waals surface area contributed by atoms with Gasteiger partial charge in [-0.3, -0.25) is 15.6 Å². The first kappa shape index (κ1) is 18.6. The molecule has 0 aromatic heterocycles. The topological polar surface area (TPSA) is 62.4 Å². The van der Waals surface area contributed by atoms with Crippen LogP contribution in [0.4, 0.5) is 14.5 Å². The van der Waals surface area contributed by atoms with Gasteiger partial charge in [-0.05, 0) is 62.0 Å². The number of ether oxygens (including phenoxy) is 1. The van der Waals surface area contributed by atoms with Gasteiger partial charge in [-0.25, -0.2) is 0 Å². The Hall–Kier alpha value is -2.74. The van der Waals surface area contributed by atoms with E-state index in [1.54, 1.807) is 6.07 Å². The Bertz CT molecular complexity index is 767. The van der Waals surface area contributed by atoms with E-state index >= 15 is 0 Å². The molecule has 0 aliphatic carbocycles. The molecular weight excluding hydrogens is 348 g/mol. The lowest BCUT2D eigenvalue weighted by molar-refractivity contribution is -0.0498. The van der Waals surface area contributed by atoms with Crippen molar-refractivity contribution in [3.63, 3.8) is 0 Å². The van der Waals surface area contributed by atoms with Gasteiger partial charge in [0.25, 0.3) is 5.91 Å². The molecule has 0 radical (unpaired) electrons. The van der Waals surface area contributed by atoms with Crippen molar-refractivity contribution in [3.8, 4) is 5.75 Å². The first-order valence-corrected chi connectivity index (χ1v) is 7.75. The summed E-state index contributed by atoms with van der Waals surface area (Å²) in [4.78, 5) is 12.1. The van der Waals surface area contributed by atoms with E-state index in [9.17, 15) is 13.6 Å². The molecule has 0 unspecified atom stereocenters. The third kappa shape index (κ3) is 5.68. The number of anilines is 1. The number of hydrogen-bond donors (Lipinski definition) is 3. The quantitative estimate of drug-likeness (QED) is 0.571. The van der Waals surface area contributed by atoms with Crippen molar-refractivity contribution >= 4 is 28.9 Å². The number of halogens is 2. The molecule has 1 amide bonds. The Kier molecular flexibility index (Phi) is 6.24. The molecule has 5 nitrogen and oxygen atoms in total. The molecule has 25 heavy (non-hydrogen) atoms. The summed E-state index contributed by atoms with van der Waals surface area (Å²) in [7, 11) is 0. The highest BCUT2D eigenvalue weighted by atomic mass is 32.1. The smallest absolute Gasteiger partial charge is 0.387 e. The van der Waals surface area contributed by atoms with E-state index in [0.29, 0.717) is 11.3 Å². The zero-order valence-electron chi connectivity index (χ0n) is 13.6. The van der Waals surface area contributed by atoms with Gasteiger partial charge in [0.1, 0.15) is 5.75 Å². The van der Waals surface area contributed by atoms with Gasteiger partial charge in [-0.1, -0.05) is 17.7 Å². The maximum absolute atomic E-state index is 12.1. The van der Waals surface area contributed by atoms with Gasteiger partial charge < -0.3 is 10.1 Å². The SMILES string of the molecule is Cc1ccc(C(=O)NNC(=S)Nc2ccc(OC(F)F)cc2)c(C)c1. The Balaban J connectivity index is 1.86. The summed E-state index contributed by atoms with van der Waals surface area (Å²) in [5.74, 6) is -0.273. The molecule has 132 valence electrons. The number of thiocarbonyl (C=S) groups is 1. The maximum Gasteiger partial charge on any atom is 0.387 e. The molecule has 0 spiro atoms. The second-order valence-corrected chi connectivity index (χ2v) is 5.66. The second kappa shape index (κ2) is 8.39. The van der Waals surface area contributed by atoms with Crippen molar-refractivity contribution in [2.75, 3.05) is 5.32 Å². The van der Waals surface area contributed by atoms with E-state index in [-0.39, 0.29) is 16.8 Å². The minimum atomic E-state index is -2.87. The molecule has 3 N–H and O–H groups in total. The first-order valence-electron chi connectivity index (χ1n) is 7.34. The number of aryl methyl sites for hydroxylation is 2. The van der Waals surface area contributed by atoms with Crippen LogP contribution in [0.1, 0.15) is 21.5 Å². The zero-order chi connectivity index (χ0) is 18.4. The fourth-order valence-corrected chi connectivity index (χ4v) is 2.30. The standard InChI is InChI=1S/C17H17F2N3O2S/c1-10-3-8-14(11(2)9-10)15(23)21-22-17(25)20-12-4-6-13(7-5-12)24-16(18)19/h3-9,16H,1-2H3,(H,21,23)(H2,20,22,25). The van der Waals surface area contributed by atoms with Crippen molar-refractivity contribution in [2.45, 2.75) is 20.5 Å². The summed E-state index contributed by atoms with van der Waals surface area (Å²) >= 11 is 5.07. The fourth-order valence-electron chi connectivity index (χ4n) is 2.13. The molecule has 2 rings (SSSR count). The number of carbonyl (C=O) groups is 1. The van der Waals surface area contributed by atoms with E-state index in [1.807, 2.05) is 26.0 Å². The highest BCUT2D eigenvalue weighted by Gasteiger charge is 2.09. The average Bonchev–Trinajstić information content (AvgIpc) is 2.54. The minimum absolute atomic E-state index is 0.0441. The lowest BCUT2D eigenvalue weighted by Crippen LogP contribution is -2.43. The minimum Gasteiger partial charge on any atom is -0.435 e. The van der Waals surface area contributed by atoms with E-state index < -0.39 is 6.61 Å². The normalized spacial score (nSPS) is 10.3. The molecule has 0 heterocycles. The van der Waals surface area contributed by atoms with Crippen molar-refractivity contribution < 1.29 is 18.3 Å². The Morgan fingerprint density at radius 1 is 1.08 bits per heavy atom. The number of benzene rings is 2. The maximum atomic E-state index is 12.1. The van der Waals surface area contributed by atoms with Gasteiger partial charge in [-0.15, -0.1) is 0 Å². The predicted octanol–water partition coefficient (Wildman–Crippen LogP) is 3.54. The zero-order valence-corrected chi connectivity index (χ0v) is 14.4. The number of amides is 1. The summed E-state index contributed by atoms with van der Waals surface area (Å²) in [5, 5.41) is 2.97. The van der Waals surface area contributed by atoms with E-state index in [2.05, 4.69) is 20.9 Å². The summed E-state index contributed by atoms with van der Waals surface area (Å²) in [6.45, 7) is 0.924. The van der Waals surface area contributed by atoms with E-state index in [4.69, 9.17) is 12.2 Å². The van der Waals surface area contributed by atoms with Crippen LogP contribution < -0.4 is 20.9 Å². The van der Waals surface area contributed by atoms with Gasteiger partial charge >= 0.3 is 6.61 Å². The average molecular weight is 365 g/mol. The molecule has 8 heteroatoms. The highest BCUT2D eigenvalue weighted by Crippen LogP contribution is 2.17. The number of hydrazine groups is 1. The number of alkyl halides is 2.